The van der Waals surface area contributed by atoms with Gasteiger partial charge in [-0.1, -0.05) is 19.1 Å². The van der Waals surface area contributed by atoms with E-state index < -0.39 is 26.9 Å². The van der Waals surface area contributed by atoms with Crippen LogP contribution in [0, 0.1) is 21.4 Å². The van der Waals surface area contributed by atoms with Crippen molar-refractivity contribution in [1.82, 2.24) is 0 Å². The van der Waals surface area contributed by atoms with E-state index in [9.17, 15) is 23.3 Å². The number of carbonyl (C=O) groups excluding carboxylic acids is 1. The van der Waals surface area contributed by atoms with Crippen molar-refractivity contribution >= 4 is 33.0 Å². The first-order valence-electron chi connectivity index (χ1n) is 9.21. The van der Waals surface area contributed by atoms with Gasteiger partial charge in [-0.25, -0.2) is 8.42 Å². The van der Waals surface area contributed by atoms with Gasteiger partial charge in [-0.15, -0.1) is 0 Å². The molecule has 0 aliphatic rings. The Morgan fingerprint density at radius 2 is 1.94 bits per heavy atom. The lowest BCUT2D eigenvalue weighted by molar-refractivity contribution is -0.384. The molecule has 0 aliphatic carbocycles. The van der Waals surface area contributed by atoms with Crippen LogP contribution in [0.2, 0.25) is 0 Å². The first kappa shape index (κ1) is 23.6. The number of hydrogen-bond donors (Lipinski definition) is 1. The molecule has 0 saturated carbocycles. The number of anilines is 2. The van der Waals surface area contributed by atoms with Gasteiger partial charge in [0.25, 0.3) is 5.69 Å². The standard InChI is InChI=1S/C20H22N4O6S/c1-4-17(20(25)22-15-7-5-14(6-8-15)11-12-21)23(31(3,28)29)18-13-16(24(26)27)9-10-19(18)30-2/h5-10,13,17H,4,11H2,1-3H3,(H,22,25)/t17-/m1/s1. The number of amides is 1. The molecule has 1 N–H and O–H groups in total. The van der Waals surface area contributed by atoms with E-state index in [0.717, 1.165) is 22.2 Å². The Hall–Kier alpha value is -3.65. The maximum atomic E-state index is 13.0. The lowest BCUT2D eigenvalue weighted by Crippen LogP contribution is -2.47. The van der Waals surface area contributed by atoms with Crippen molar-refractivity contribution in [2.45, 2.75) is 25.8 Å². The zero-order chi connectivity index (χ0) is 23.2. The minimum atomic E-state index is -4.02. The number of methoxy groups -OCH3 is 1. The molecule has 1 amide bonds. The van der Waals surface area contributed by atoms with Crippen molar-refractivity contribution in [3.05, 3.63) is 58.1 Å². The highest BCUT2D eigenvalue weighted by molar-refractivity contribution is 7.92. The fraction of sp³-hybridized carbons (Fsp3) is 0.300. The smallest absolute Gasteiger partial charge is 0.271 e. The summed E-state index contributed by atoms with van der Waals surface area (Å²) in [5.74, 6) is -0.544. The largest absolute Gasteiger partial charge is 0.495 e. The van der Waals surface area contributed by atoms with Gasteiger partial charge >= 0.3 is 0 Å². The van der Waals surface area contributed by atoms with Crippen LogP contribution in [0.1, 0.15) is 18.9 Å². The third kappa shape index (κ3) is 5.70. The maximum absolute atomic E-state index is 13.0. The monoisotopic (exact) mass is 446 g/mol. The molecule has 0 unspecified atom stereocenters. The van der Waals surface area contributed by atoms with Crippen LogP contribution in [0.25, 0.3) is 0 Å². The molecule has 11 heteroatoms. The fourth-order valence-electron chi connectivity index (χ4n) is 3.02. The molecule has 0 fully saturated rings. The molecule has 164 valence electrons. The normalized spacial score (nSPS) is 11.8. The summed E-state index contributed by atoms with van der Waals surface area (Å²) in [6, 6.07) is 10.9. The quantitative estimate of drug-likeness (QED) is 0.461. The molecule has 0 heterocycles. The molecule has 31 heavy (non-hydrogen) atoms. The number of sulfonamides is 1. The van der Waals surface area contributed by atoms with E-state index >= 15 is 0 Å². The molecule has 0 aromatic heterocycles. The number of non-ortho nitro benzene ring substituents is 1. The highest BCUT2D eigenvalue weighted by Gasteiger charge is 2.34. The Morgan fingerprint density at radius 3 is 2.42 bits per heavy atom. The molecule has 2 aromatic rings. The topological polar surface area (TPSA) is 143 Å². The summed E-state index contributed by atoms with van der Waals surface area (Å²) in [5.41, 5.74) is 0.745. The predicted molar refractivity (Wildman–Crippen MR) is 115 cm³/mol. The zero-order valence-corrected chi connectivity index (χ0v) is 18.0. The van der Waals surface area contributed by atoms with Crippen molar-refractivity contribution in [2.75, 3.05) is 23.0 Å². The van der Waals surface area contributed by atoms with Crippen molar-refractivity contribution in [2.24, 2.45) is 0 Å². The lowest BCUT2D eigenvalue weighted by Gasteiger charge is -2.30. The van der Waals surface area contributed by atoms with Crippen LogP contribution >= 0.6 is 0 Å². The predicted octanol–water partition coefficient (Wildman–Crippen LogP) is 2.85. The summed E-state index contributed by atoms with van der Waals surface area (Å²) in [5, 5.41) is 22.6. The van der Waals surface area contributed by atoms with E-state index in [1.807, 2.05) is 6.07 Å². The Morgan fingerprint density at radius 1 is 1.29 bits per heavy atom. The second-order valence-corrected chi connectivity index (χ2v) is 8.48. The summed E-state index contributed by atoms with van der Waals surface area (Å²) in [4.78, 5) is 23.5. The van der Waals surface area contributed by atoms with Gasteiger partial charge in [0.1, 0.15) is 17.5 Å². The van der Waals surface area contributed by atoms with Crippen molar-refractivity contribution in [3.8, 4) is 11.8 Å². The van der Waals surface area contributed by atoms with E-state index in [-0.39, 0.29) is 30.0 Å². The van der Waals surface area contributed by atoms with Gasteiger partial charge in [0.15, 0.2) is 0 Å². The van der Waals surface area contributed by atoms with Crippen LogP contribution in [-0.2, 0) is 21.2 Å². The number of benzene rings is 2. The maximum Gasteiger partial charge on any atom is 0.271 e. The molecule has 10 nitrogen and oxygen atoms in total. The van der Waals surface area contributed by atoms with Gasteiger partial charge in [0.2, 0.25) is 15.9 Å². The van der Waals surface area contributed by atoms with Crippen molar-refractivity contribution < 1.29 is 22.9 Å². The molecule has 0 aliphatic heterocycles. The second kappa shape index (κ2) is 9.90. The number of ether oxygens (including phenoxy) is 1. The number of nitrogens with zero attached hydrogens (tertiary/aromatic N) is 3. The van der Waals surface area contributed by atoms with Crippen LogP contribution in [0.3, 0.4) is 0 Å². The van der Waals surface area contributed by atoms with E-state index in [0.29, 0.717) is 5.69 Å². The zero-order valence-electron chi connectivity index (χ0n) is 17.2. The summed E-state index contributed by atoms with van der Waals surface area (Å²) in [6.07, 6.45) is 1.23. The molecule has 0 saturated heterocycles. The van der Waals surface area contributed by atoms with Crippen LogP contribution in [0.5, 0.6) is 5.75 Å². The van der Waals surface area contributed by atoms with Gasteiger partial charge < -0.3 is 10.1 Å². The Balaban J connectivity index is 2.47. The lowest BCUT2D eigenvalue weighted by atomic mass is 10.1. The van der Waals surface area contributed by atoms with E-state index in [1.54, 1.807) is 31.2 Å². The minimum Gasteiger partial charge on any atom is -0.495 e. The number of nitriles is 1. The summed E-state index contributed by atoms with van der Waals surface area (Å²) < 4.78 is 31.3. The number of nitro benzene ring substituents is 1. The molecule has 1 atom stereocenters. The third-order valence-electron chi connectivity index (χ3n) is 4.45. The Kier molecular flexibility index (Phi) is 7.55. The van der Waals surface area contributed by atoms with Crippen LogP contribution in [0.4, 0.5) is 17.1 Å². The number of hydrogen-bond acceptors (Lipinski definition) is 7. The minimum absolute atomic E-state index is 0.0723. The van der Waals surface area contributed by atoms with Gasteiger partial charge in [0.05, 0.1) is 30.8 Å². The second-order valence-electron chi connectivity index (χ2n) is 6.62. The molecule has 2 rings (SSSR count). The molecular formula is C20H22N4O6S. The van der Waals surface area contributed by atoms with E-state index in [2.05, 4.69) is 5.32 Å². The van der Waals surface area contributed by atoms with E-state index in [4.69, 9.17) is 10.00 Å². The SMILES string of the molecule is CC[C@H](C(=O)Nc1ccc(CC#N)cc1)N(c1cc([N+](=O)[O-])ccc1OC)S(C)(=O)=O. The molecule has 0 radical (unpaired) electrons. The Bertz CT molecular complexity index is 1110. The van der Waals surface area contributed by atoms with Gasteiger partial charge in [0, 0.05) is 17.8 Å². The average Bonchev–Trinajstić information content (AvgIpc) is 2.72. The first-order chi connectivity index (χ1) is 14.6. The number of nitro groups is 1. The van der Waals surface area contributed by atoms with Gasteiger partial charge in [-0.05, 0) is 30.2 Å². The highest BCUT2D eigenvalue weighted by atomic mass is 32.2. The fourth-order valence-corrected chi connectivity index (χ4v) is 4.23. The summed E-state index contributed by atoms with van der Waals surface area (Å²) >= 11 is 0. The molecule has 0 spiro atoms. The van der Waals surface area contributed by atoms with Crippen LogP contribution in [-0.4, -0.2) is 38.7 Å². The van der Waals surface area contributed by atoms with Gasteiger partial charge in [-0.2, -0.15) is 5.26 Å². The third-order valence-corrected chi connectivity index (χ3v) is 5.61. The van der Waals surface area contributed by atoms with Crippen molar-refractivity contribution in [3.63, 3.8) is 0 Å². The van der Waals surface area contributed by atoms with Crippen LogP contribution in [0.15, 0.2) is 42.5 Å². The van der Waals surface area contributed by atoms with E-state index in [1.165, 1.54) is 19.2 Å². The van der Waals surface area contributed by atoms with Crippen LogP contribution < -0.4 is 14.4 Å². The average molecular weight is 446 g/mol. The first-order valence-corrected chi connectivity index (χ1v) is 11.1. The molecule has 0 bridgehead atoms. The number of carbonyl (C=O) groups is 1. The van der Waals surface area contributed by atoms with Crippen molar-refractivity contribution in [1.29, 1.82) is 5.26 Å². The molecule has 2 aromatic carbocycles. The highest BCUT2D eigenvalue weighted by Crippen LogP contribution is 2.35. The number of nitrogens with one attached hydrogen (secondary N) is 1. The molecular weight excluding hydrogens is 424 g/mol. The van der Waals surface area contributed by atoms with Gasteiger partial charge in [-0.3, -0.25) is 19.2 Å². The summed E-state index contributed by atoms with van der Waals surface area (Å²) in [6.45, 7) is 1.63. The Labute approximate surface area is 180 Å². The number of rotatable bonds is 9. The summed E-state index contributed by atoms with van der Waals surface area (Å²) in [7, 11) is -2.72.